The van der Waals surface area contributed by atoms with Gasteiger partial charge in [0.2, 0.25) is 11.8 Å². The van der Waals surface area contributed by atoms with Crippen LogP contribution in [0.4, 0.5) is 0 Å². The summed E-state index contributed by atoms with van der Waals surface area (Å²) in [5.41, 5.74) is 4.32. The van der Waals surface area contributed by atoms with Crippen molar-refractivity contribution in [1.29, 1.82) is 0 Å². The molecule has 0 aliphatic carbocycles. The average molecular weight is 465 g/mol. The number of aryl methyl sites for hydroxylation is 2. The molecule has 0 saturated heterocycles. The SMILES string of the molecule is CNC(=O)[C@H](Cc1ccccc1)N(Cc1cccc(C)c1)C(=O)CCc1cccc2ccccc12. The Morgan fingerprint density at radius 3 is 2.29 bits per heavy atom. The predicted molar refractivity (Wildman–Crippen MR) is 142 cm³/mol. The lowest BCUT2D eigenvalue weighted by molar-refractivity contribution is -0.141. The van der Waals surface area contributed by atoms with E-state index in [1.165, 1.54) is 10.8 Å². The first-order chi connectivity index (χ1) is 17.0. The standard InChI is InChI=1S/C31H32N2O2/c1-23-10-8-13-25(20-23)22-33(29(31(35)32-2)21-24-11-4-3-5-12-24)30(34)19-18-27-16-9-15-26-14-6-7-17-28(26)27/h3-17,20,29H,18-19,21-22H2,1-2H3,(H,32,35)/t29-/m0/s1. The fourth-order valence-electron chi connectivity index (χ4n) is 4.62. The fraction of sp³-hybridized carbons (Fsp3) is 0.226. The Balaban J connectivity index is 1.62. The maximum atomic E-state index is 13.7. The summed E-state index contributed by atoms with van der Waals surface area (Å²) in [7, 11) is 1.63. The number of nitrogens with one attached hydrogen (secondary N) is 1. The molecule has 0 fully saturated rings. The molecule has 35 heavy (non-hydrogen) atoms. The lowest BCUT2D eigenvalue weighted by atomic mass is 9.99. The molecule has 4 aromatic carbocycles. The third-order valence-corrected chi connectivity index (χ3v) is 6.44. The lowest BCUT2D eigenvalue weighted by Crippen LogP contribution is -2.49. The predicted octanol–water partition coefficient (Wildman–Crippen LogP) is 5.47. The summed E-state index contributed by atoms with van der Waals surface area (Å²) in [5.74, 6) is -0.177. The number of benzene rings is 4. The molecule has 0 radical (unpaired) electrons. The first-order valence-electron chi connectivity index (χ1n) is 12.1. The van der Waals surface area contributed by atoms with E-state index in [1.54, 1.807) is 11.9 Å². The van der Waals surface area contributed by atoms with Gasteiger partial charge in [0.25, 0.3) is 0 Å². The molecule has 0 bridgehead atoms. The number of fused-ring (bicyclic) bond motifs is 1. The van der Waals surface area contributed by atoms with Crippen molar-refractivity contribution in [3.63, 3.8) is 0 Å². The van der Waals surface area contributed by atoms with Crippen LogP contribution < -0.4 is 5.32 Å². The third kappa shape index (κ3) is 6.15. The van der Waals surface area contributed by atoms with Gasteiger partial charge in [-0.3, -0.25) is 9.59 Å². The monoisotopic (exact) mass is 464 g/mol. The number of carbonyl (C=O) groups is 2. The normalized spacial score (nSPS) is 11.7. The highest BCUT2D eigenvalue weighted by atomic mass is 16.2. The quantitative estimate of drug-likeness (QED) is 0.357. The van der Waals surface area contributed by atoms with Crippen LogP contribution in [0.15, 0.2) is 97.1 Å². The number of likely N-dealkylation sites (N-methyl/N-ethyl adjacent to an activating group) is 1. The van der Waals surface area contributed by atoms with E-state index in [0.29, 0.717) is 25.8 Å². The van der Waals surface area contributed by atoms with Crippen molar-refractivity contribution in [2.24, 2.45) is 0 Å². The molecular formula is C31H32N2O2. The Morgan fingerprint density at radius 2 is 1.51 bits per heavy atom. The lowest BCUT2D eigenvalue weighted by Gasteiger charge is -2.31. The van der Waals surface area contributed by atoms with Gasteiger partial charge in [-0.05, 0) is 40.8 Å². The number of nitrogens with zero attached hydrogens (tertiary/aromatic N) is 1. The molecule has 0 aromatic heterocycles. The molecule has 0 heterocycles. The summed E-state index contributed by atoms with van der Waals surface area (Å²) >= 11 is 0. The topological polar surface area (TPSA) is 49.4 Å². The Kier molecular flexibility index (Phi) is 7.94. The van der Waals surface area contributed by atoms with Crippen molar-refractivity contribution < 1.29 is 9.59 Å². The van der Waals surface area contributed by atoms with E-state index in [4.69, 9.17) is 0 Å². The maximum absolute atomic E-state index is 13.7. The van der Waals surface area contributed by atoms with Gasteiger partial charge in [-0.25, -0.2) is 0 Å². The van der Waals surface area contributed by atoms with Gasteiger partial charge in [-0.2, -0.15) is 0 Å². The van der Waals surface area contributed by atoms with E-state index in [2.05, 4.69) is 35.6 Å². The Hall–Kier alpha value is -3.92. The van der Waals surface area contributed by atoms with Crippen LogP contribution in [-0.4, -0.2) is 29.8 Å². The second-order valence-corrected chi connectivity index (χ2v) is 8.97. The molecule has 0 aliphatic heterocycles. The fourth-order valence-corrected chi connectivity index (χ4v) is 4.62. The smallest absolute Gasteiger partial charge is 0.242 e. The van der Waals surface area contributed by atoms with Gasteiger partial charge in [-0.15, -0.1) is 0 Å². The van der Waals surface area contributed by atoms with Gasteiger partial charge < -0.3 is 10.2 Å². The molecular weight excluding hydrogens is 432 g/mol. The minimum absolute atomic E-state index is 0.0241. The maximum Gasteiger partial charge on any atom is 0.242 e. The molecule has 178 valence electrons. The van der Waals surface area contributed by atoms with E-state index < -0.39 is 6.04 Å². The third-order valence-electron chi connectivity index (χ3n) is 6.44. The van der Waals surface area contributed by atoms with Gasteiger partial charge in [0.15, 0.2) is 0 Å². The number of rotatable bonds is 9. The Labute approximate surface area is 207 Å². The van der Waals surface area contributed by atoms with Crippen LogP contribution in [0.2, 0.25) is 0 Å². The van der Waals surface area contributed by atoms with E-state index in [9.17, 15) is 9.59 Å². The molecule has 0 saturated carbocycles. The van der Waals surface area contributed by atoms with Gasteiger partial charge in [-0.1, -0.05) is 103 Å². The molecule has 1 N–H and O–H groups in total. The van der Waals surface area contributed by atoms with Crippen LogP contribution in [0.1, 0.15) is 28.7 Å². The molecule has 0 spiro atoms. The Morgan fingerprint density at radius 1 is 0.829 bits per heavy atom. The van der Waals surface area contributed by atoms with Crippen LogP contribution in [-0.2, 0) is 29.0 Å². The summed E-state index contributed by atoms with van der Waals surface area (Å²) in [6.45, 7) is 2.43. The van der Waals surface area contributed by atoms with E-state index in [0.717, 1.165) is 22.3 Å². The van der Waals surface area contributed by atoms with Crippen LogP contribution in [0.5, 0.6) is 0 Å². The van der Waals surface area contributed by atoms with E-state index in [1.807, 2.05) is 73.7 Å². The highest BCUT2D eigenvalue weighted by Crippen LogP contribution is 2.22. The van der Waals surface area contributed by atoms with E-state index in [-0.39, 0.29) is 11.8 Å². The number of carbonyl (C=O) groups excluding carboxylic acids is 2. The molecule has 0 aliphatic rings. The van der Waals surface area contributed by atoms with Crippen molar-refractivity contribution in [1.82, 2.24) is 10.2 Å². The molecule has 4 heteroatoms. The summed E-state index contributed by atoms with van der Waals surface area (Å²) in [4.78, 5) is 28.6. The van der Waals surface area contributed by atoms with Crippen molar-refractivity contribution in [2.75, 3.05) is 7.05 Å². The number of hydrogen-bond acceptors (Lipinski definition) is 2. The second kappa shape index (κ2) is 11.5. The molecule has 4 nitrogen and oxygen atoms in total. The zero-order valence-electron chi connectivity index (χ0n) is 20.4. The summed E-state index contributed by atoms with van der Waals surface area (Å²) in [6, 6.07) is 31.9. The number of hydrogen-bond donors (Lipinski definition) is 1. The van der Waals surface area contributed by atoms with Crippen molar-refractivity contribution in [3.8, 4) is 0 Å². The van der Waals surface area contributed by atoms with Gasteiger partial charge in [0.1, 0.15) is 6.04 Å². The first kappa shape index (κ1) is 24.2. The number of amides is 2. The summed E-state index contributed by atoms with van der Waals surface area (Å²) in [6.07, 6.45) is 1.42. The first-order valence-corrected chi connectivity index (χ1v) is 12.1. The van der Waals surface area contributed by atoms with Gasteiger partial charge >= 0.3 is 0 Å². The van der Waals surface area contributed by atoms with Gasteiger partial charge in [0, 0.05) is 26.4 Å². The highest BCUT2D eigenvalue weighted by molar-refractivity contribution is 5.89. The van der Waals surface area contributed by atoms with Crippen LogP contribution in [0.3, 0.4) is 0 Å². The van der Waals surface area contributed by atoms with E-state index >= 15 is 0 Å². The largest absolute Gasteiger partial charge is 0.357 e. The average Bonchev–Trinajstić information content (AvgIpc) is 2.89. The van der Waals surface area contributed by atoms with Crippen molar-refractivity contribution in [2.45, 2.75) is 38.8 Å². The van der Waals surface area contributed by atoms with Crippen LogP contribution in [0.25, 0.3) is 10.8 Å². The molecule has 4 aromatic rings. The molecule has 0 unspecified atom stereocenters. The molecule has 1 atom stereocenters. The zero-order valence-corrected chi connectivity index (χ0v) is 20.4. The summed E-state index contributed by atoms with van der Waals surface area (Å²) in [5, 5.41) is 5.12. The zero-order chi connectivity index (χ0) is 24.6. The van der Waals surface area contributed by atoms with Crippen LogP contribution in [0, 0.1) is 6.92 Å². The molecule has 2 amide bonds. The second-order valence-electron chi connectivity index (χ2n) is 8.97. The Bertz CT molecular complexity index is 1290. The van der Waals surface area contributed by atoms with Crippen molar-refractivity contribution in [3.05, 3.63) is 119 Å². The van der Waals surface area contributed by atoms with Crippen LogP contribution >= 0.6 is 0 Å². The minimum atomic E-state index is -0.595. The van der Waals surface area contributed by atoms with Crippen molar-refractivity contribution >= 4 is 22.6 Å². The molecule has 4 rings (SSSR count). The van der Waals surface area contributed by atoms with Gasteiger partial charge in [0.05, 0.1) is 0 Å². The minimum Gasteiger partial charge on any atom is -0.357 e. The highest BCUT2D eigenvalue weighted by Gasteiger charge is 2.29. The summed E-state index contributed by atoms with van der Waals surface area (Å²) < 4.78 is 0.